The van der Waals surface area contributed by atoms with Crippen molar-refractivity contribution in [1.82, 2.24) is 0 Å². The average molecular weight is 285 g/mol. The van der Waals surface area contributed by atoms with Crippen LogP contribution in [0.3, 0.4) is 0 Å². The molecule has 0 spiro atoms. The first kappa shape index (κ1) is 13.7. The number of benzene rings is 1. The van der Waals surface area contributed by atoms with Crippen LogP contribution in [0, 0.1) is 12.8 Å². The number of hydrogen-bond donors (Lipinski definition) is 0. The Kier molecular flexibility index (Phi) is 6.07. The highest BCUT2D eigenvalue weighted by Gasteiger charge is 2.10. The van der Waals surface area contributed by atoms with Gasteiger partial charge >= 0.3 is 0 Å². The third-order valence-electron chi connectivity index (χ3n) is 2.57. The maximum Gasteiger partial charge on any atom is 0.0921 e. The van der Waals surface area contributed by atoms with Crippen LogP contribution < -0.4 is 0 Å². The molecular formula is C14H21BrO. The molecular weight excluding hydrogens is 264 g/mol. The van der Waals surface area contributed by atoms with Crippen LogP contribution in [-0.4, -0.2) is 11.9 Å². The minimum absolute atomic E-state index is 0.179. The summed E-state index contributed by atoms with van der Waals surface area (Å²) in [7, 11) is 0. The quantitative estimate of drug-likeness (QED) is 0.699. The Bertz CT molecular complexity index is 309. The molecule has 1 unspecified atom stereocenters. The van der Waals surface area contributed by atoms with Crippen LogP contribution in [0.15, 0.2) is 24.3 Å². The molecule has 90 valence electrons. The molecule has 0 aliphatic rings. The van der Waals surface area contributed by atoms with Crippen LogP contribution in [0.5, 0.6) is 0 Å². The summed E-state index contributed by atoms with van der Waals surface area (Å²) in [6, 6.07) is 8.53. The number of aryl methyl sites for hydroxylation is 1. The van der Waals surface area contributed by atoms with E-state index in [1.807, 2.05) is 0 Å². The van der Waals surface area contributed by atoms with Gasteiger partial charge in [-0.1, -0.05) is 59.6 Å². The molecule has 0 heterocycles. The number of rotatable bonds is 6. The molecule has 1 aromatic rings. The topological polar surface area (TPSA) is 9.23 Å². The van der Waals surface area contributed by atoms with E-state index in [1.165, 1.54) is 11.1 Å². The van der Waals surface area contributed by atoms with Crippen molar-refractivity contribution in [1.29, 1.82) is 0 Å². The minimum Gasteiger partial charge on any atom is -0.373 e. The zero-order chi connectivity index (χ0) is 12.0. The second kappa shape index (κ2) is 7.08. The molecule has 0 aromatic heterocycles. The fraction of sp³-hybridized carbons (Fsp3) is 0.571. The Morgan fingerprint density at radius 3 is 2.62 bits per heavy atom. The third kappa shape index (κ3) is 4.67. The number of ether oxygens (including phenoxy) is 1. The standard InChI is InChI=1S/C14H21BrO/c1-11(2)7-8-16-14(10-15)13-6-4-5-12(3)9-13/h4-6,9,11,14H,7-8,10H2,1-3H3. The molecule has 0 saturated heterocycles. The molecule has 0 fully saturated rings. The summed E-state index contributed by atoms with van der Waals surface area (Å²) in [5.41, 5.74) is 2.55. The van der Waals surface area contributed by atoms with Crippen molar-refractivity contribution < 1.29 is 4.74 Å². The van der Waals surface area contributed by atoms with Gasteiger partial charge < -0.3 is 4.74 Å². The first-order chi connectivity index (χ1) is 7.63. The normalized spacial score (nSPS) is 13.1. The van der Waals surface area contributed by atoms with E-state index in [4.69, 9.17) is 4.74 Å². The van der Waals surface area contributed by atoms with Gasteiger partial charge in [0.15, 0.2) is 0 Å². The summed E-state index contributed by atoms with van der Waals surface area (Å²) in [6.07, 6.45) is 1.30. The Hall–Kier alpha value is -0.340. The maximum absolute atomic E-state index is 5.90. The average Bonchev–Trinajstić information content (AvgIpc) is 2.24. The lowest BCUT2D eigenvalue weighted by Crippen LogP contribution is -2.08. The zero-order valence-electron chi connectivity index (χ0n) is 10.4. The monoisotopic (exact) mass is 284 g/mol. The Labute approximate surface area is 107 Å². The second-order valence-corrected chi connectivity index (χ2v) is 5.26. The van der Waals surface area contributed by atoms with E-state index in [0.29, 0.717) is 5.92 Å². The van der Waals surface area contributed by atoms with Crippen LogP contribution in [0.1, 0.15) is 37.5 Å². The van der Waals surface area contributed by atoms with Crippen molar-refractivity contribution in [3.8, 4) is 0 Å². The van der Waals surface area contributed by atoms with Gasteiger partial charge in [0.2, 0.25) is 0 Å². The van der Waals surface area contributed by atoms with E-state index in [1.54, 1.807) is 0 Å². The minimum atomic E-state index is 0.179. The van der Waals surface area contributed by atoms with Gasteiger partial charge in [0.25, 0.3) is 0 Å². The van der Waals surface area contributed by atoms with Gasteiger partial charge in [-0.05, 0) is 24.8 Å². The van der Waals surface area contributed by atoms with Crippen LogP contribution in [0.25, 0.3) is 0 Å². The highest BCUT2D eigenvalue weighted by Crippen LogP contribution is 2.21. The summed E-state index contributed by atoms with van der Waals surface area (Å²) < 4.78 is 5.90. The van der Waals surface area contributed by atoms with Crippen molar-refractivity contribution in [3.63, 3.8) is 0 Å². The maximum atomic E-state index is 5.90. The SMILES string of the molecule is Cc1cccc(C(CBr)OCCC(C)C)c1. The second-order valence-electron chi connectivity index (χ2n) is 4.61. The van der Waals surface area contributed by atoms with Crippen LogP contribution >= 0.6 is 15.9 Å². The number of halogens is 1. The molecule has 0 amide bonds. The van der Waals surface area contributed by atoms with Gasteiger partial charge in [0.05, 0.1) is 6.10 Å². The molecule has 1 nitrogen and oxygen atoms in total. The van der Waals surface area contributed by atoms with Gasteiger partial charge in [-0.2, -0.15) is 0 Å². The zero-order valence-corrected chi connectivity index (χ0v) is 12.0. The van der Waals surface area contributed by atoms with Crippen molar-refractivity contribution in [2.45, 2.75) is 33.3 Å². The summed E-state index contributed by atoms with van der Waals surface area (Å²) in [4.78, 5) is 0. The van der Waals surface area contributed by atoms with Gasteiger partial charge in [0.1, 0.15) is 0 Å². The van der Waals surface area contributed by atoms with E-state index in [9.17, 15) is 0 Å². The van der Waals surface area contributed by atoms with E-state index >= 15 is 0 Å². The molecule has 1 aromatic carbocycles. The van der Waals surface area contributed by atoms with Gasteiger partial charge in [-0.3, -0.25) is 0 Å². The summed E-state index contributed by atoms with van der Waals surface area (Å²) in [5, 5.41) is 0.856. The van der Waals surface area contributed by atoms with Crippen LogP contribution in [0.4, 0.5) is 0 Å². The van der Waals surface area contributed by atoms with Crippen LogP contribution in [-0.2, 0) is 4.74 Å². The molecule has 0 aliphatic heterocycles. The molecule has 0 bridgehead atoms. The van der Waals surface area contributed by atoms with Crippen molar-refractivity contribution in [2.24, 2.45) is 5.92 Å². The Morgan fingerprint density at radius 2 is 2.06 bits per heavy atom. The van der Waals surface area contributed by atoms with Crippen molar-refractivity contribution in [3.05, 3.63) is 35.4 Å². The van der Waals surface area contributed by atoms with Crippen molar-refractivity contribution in [2.75, 3.05) is 11.9 Å². The molecule has 0 aliphatic carbocycles. The Morgan fingerprint density at radius 1 is 1.31 bits per heavy atom. The summed E-state index contributed by atoms with van der Waals surface area (Å²) in [6.45, 7) is 7.39. The molecule has 2 heteroatoms. The van der Waals surface area contributed by atoms with E-state index in [0.717, 1.165) is 18.4 Å². The molecule has 0 radical (unpaired) electrons. The Balaban J connectivity index is 2.53. The van der Waals surface area contributed by atoms with E-state index < -0.39 is 0 Å². The highest BCUT2D eigenvalue weighted by atomic mass is 79.9. The molecule has 0 saturated carbocycles. The lowest BCUT2D eigenvalue weighted by atomic mass is 10.1. The van der Waals surface area contributed by atoms with Crippen molar-refractivity contribution >= 4 is 15.9 Å². The predicted molar refractivity (Wildman–Crippen MR) is 73.1 cm³/mol. The number of hydrogen-bond acceptors (Lipinski definition) is 1. The van der Waals surface area contributed by atoms with Gasteiger partial charge in [-0.15, -0.1) is 0 Å². The van der Waals surface area contributed by atoms with Crippen LogP contribution in [0.2, 0.25) is 0 Å². The summed E-state index contributed by atoms with van der Waals surface area (Å²) >= 11 is 3.52. The first-order valence-electron chi connectivity index (χ1n) is 5.87. The predicted octanol–water partition coefficient (Wildman–Crippen LogP) is 4.49. The van der Waals surface area contributed by atoms with Gasteiger partial charge in [0, 0.05) is 11.9 Å². The highest BCUT2D eigenvalue weighted by molar-refractivity contribution is 9.09. The van der Waals surface area contributed by atoms with E-state index in [-0.39, 0.29) is 6.10 Å². The smallest absolute Gasteiger partial charge is 0.0921 e. The lowest BCUT2D eigenvalue weighted by Gasteiger charge is -2.17. The fourth-order valence-electron chi connectivity index (χ4n) is 1.55. The molecule has 1 rings (SSSR count). The third-order valence-corrected chi connectivity index (χ3v) is 3.16. The largest absolute Gasteiger partial charge is 0.373 e. The lowest BCUT2D eigenvalue weighted by molar-refractivity contribution is 0.0622. The molecule has 16 heavy (non-hydrogen) atoms. The summed E-state index contributed by atoms with van der Waals surface area (Å²) in [5.74, 6) is 0.702. The molecule has 0 N–H and O–H groups in total. The number of alkyl halides is 1. The van der Waals surface area contributed by atoms with E-state index in [2.05, 4.69) is 61.0 Å². The molecule has 1 atom stereocenters. The fourth-order valence-corrected chi connectivity index (χ4v) is 2.11. The first-order valence-corrected chi connectivity index (χ1v) is 6.99. The van der Waals surface area contributed by atoms with Gasteiger partial charge in [-0.25, -0.2) is 0 Å².